The van der Waals surface area contributed by atoms with Gasteiger partial charge in [0, 0.05) is 102 Å². The Kier molecular flexibility index (Phi) is 6.31. The van der Waals surface area contributed by atoms with Gasteiger partial charge in [-0.1, -0.05) is 102 Å². The van der Waals surface area contributed by atoms with E-state index in [0.29, 0.717) is 22.5 Å². The Bertz CT molecular complexity index is 2250. The molecule has 4 heterocycles. The minimum absolute atomic E-state index is 0.0792. The summed E-state index contributed by atoms with van der Waals surface area (Å²) < 4.78 is 16.9. The third-order valence-corrected chi connectivity index (χ3v) is 12.7. The molecule has 6 atom stereocenters. The van der Waals surface area contributed by atoms with Gasteiger partial charge in [-0.15, -0.1) is 0 Å². The number of hydrogen-bond donors (Lipinski definition) is 0. The van der Waals surface area contributed by atoms with Crippen LogP contribution < -0.4 is 15.3 Å². The van der Waals surface area contributed by atoms with Gasteiger partial charge < -0.3 is 9.80 Å². The van der Waals surface area contributed by atoms with Crippen LogP contribution >= 0.6 is 12.2 Å². The number of benzene rings is 3. The number of aromatic nitrogens is 1. The SMILES string of the molecule is C=C1C2C(C(=C)N1c1cccc(F)c1)C1C(=C)N(n3c(=C)c4ccc5c6c(ccc(c3=S)c64)C(=C)N(C3CC(C)CC(C)C3)C5=C)C(=C)C21. The quantitative estimate of drug-likeness (QED) is 0.203. The summed E-state index contributed by atoms with van der Waals surface area (Å²) in [4.78, 5) is 4.43. The maximum atomic E-state index is 14.2. The molecule has 4 aromatic rings. The topological polar surface area (TPSA) is 14.7 Å². The molecule has 3 aliphatic heterocycles. The van der Waals surface area contributed by atoms with Gasteiger partial charge in [0.2, 0.25) is 0 Å². The number of nitrogens with zero attached hydrogens (tertiary/aromatic N) is 4. The van der Waals surface area contributed by atoms with Crippen LogP contribution in [-0.2, 0) is 0 Å². The normalized spacial score (nSPS) is 29.4. The zero-order valence-corrected chi connectivity index (χ0v) is 29.1. The number of halogens is 1. The highest BCUT2D eigenvalue weighted by Gasteiger charge is 2.65. The molecular weight excluding hydrogens is 624 g/mol. The number of allylic oxidation sites excluding steroid dienone is 4. The zero-order chi connectivity index (χ0) is 34.4. The fourth-order valence-corrected chi connectivity index (χ4v) is 10.9. The summed E-state index contributed by atoms with van der Waals surface area (Å²) in [6, 6.07) is 15.7. The van der Waals surface area contributed by atoms with Crippen LogP contribution in [-0.4, -0.2) is 15.6 Å². The molecule has 2 saturated carbocycles. The smallest absolute Gasteiger partial charge is 0.134 e. The molecule has 6 heteroatoms. The Labute approximate surface area is 292 Å². The van der Waals surface area contributed by atoms with Crippen molar-refractivity contribution >= 4 is 57.4 Å². The first-order valence-electron chi connectivity index (χ1n) is 17.3. The van der Waals surface area contributed by atoms with E-state index < -0.39 is 0 Å². The van der Waals surface area contributed by atoms with Crippen molar-refractivity contribution in [2.75, 3.05) is 9.91 Å². The van der Waals surface area contributed by atoms with E-state index in [0.717, 1.165) is 90.7 Å². The summed E-state index contributed by atoms with van der Waals surface area (Å²) in [6.45, 7) is 36.9. The molecule has 4 nitrogen and oxygen atoms in total. The second-order valence-corrected chi connectivity index (χ2v) is 15.6. The van der Waals surface area contributed by atoms with Crippen molar-refractivity contribution in [3.8, 4) is 0 Å². The van der Waals surface area contributed by atoms with Crippen molar-refractivity contribution in [1.29, 1.82) is 0 Å². The van der Waals surface area contributed by atoms with E-state index in [1.165, 1.54) is 18.6 Å². The third-order valence-electron chi connectivity index (χ3n) is 12.3. The summed E-state index contributed by atoms with van der Waals surface area (Å²) in [5.74, 6) is 1.41. The average molecular weight is 665 g/mol. The van der Waals surface area contributed by atoms with E-state index in [-0.39, 0.29) is 29.5 Å². The molecule has 0 bridgehead atoms. The van der Waals surface area contributed by atoms with Gasteiger partial charge in [0.15, 0.2) is 0 Å². The lowest BCUT2D eigenvalue weighted by molar-refractivity contribution is 0.126. The first-order valence-corrected chi connectivity index (χ1v) is 17.7. The largest absolute Gasteiger partial charge is 0.338 e. The molecule has 0 N–H and O–H groups in total. The van der Waals surface area contributed by atoms with Crippen LogP contribution in [0.5, 0.6) is 0 Å². The molecule has 4 fully saturated rings. The van der Waals surface area contributed by atoms with Crippen molar-refractivity contribution in [3.63, 3.8) is 0 Å². The van der Waals surface area contributed by atoms with Gasteiger partial charge in [-0.25, -0.2) is 9.07 Å². The second kappa shape index (κ2) is 10.2. The Morgan fingerprint density at radius 1 is 0.673 bits per heavy atom. The molecular formula is C43H41FN4S. The standard InChI is InChI=1S/C43H41FN4S/c1-21-17-22(2)19-32(18-21)45-23(3)33-13-14-35-25(5)48(43(49)36-16-15-34(24(45)4)41(33)42(35)36)47-28(8)39-37-26(6)46(31-12-10-11-30(44)20-31)27(7)38(37)40(39)29(47)9/h10-16,20-22,32,37-40H,3-9,17-19H2,1-2H3. The van der Waals surface area contributed by atoms with Crippen molar-refractivity contribution in [1.82, 2.24) is 9.58 Å². The van der Waals surface area contributed by atoms with Gasteiger partial charge in [0.25, 0.3) is 0 Å². The Hall–Kier alpha value is -4.68. The maximum Gasteiger partial charge on any atom is 0.134 e. The maximum absolute atomic E-state index is 14.2. The molecule has 49 heavy (non-hydrogen) atoms. The highest BCUT2D eigenvalue weighted by Crippen LogP contribution is 2.67. The van der Waals surface area contributed by atoms with Gasteiger partial charge in [-0.2, -0.15) is 0 Å². The molecule has 5 aliphatic rings. The number of pyridine rings is 1. The highest BCUT2D eigenvalue weighted by atomic mass is 32.1. The van der Waals surface area contributed by atoms with Crippen molar-refractivity contribution in [2.45, 2.75) is 39.2 Å². The second-order valence-electron chi connectivity index (χ2n) is 15.2. The monoisotopic (exact) mass is 664 g/mol. The molecule has 9 rings (SSSR count). The van der Waals surface area contributed by atoms with Crippen molar-refractivity contribution in [3.05, 3.63) is 138 Å². The fraction of sp³-hybridized carbons (Fsp3) is 0.279. The molecule has 2 aliphatic carbocycles. The summed E-state index contributed by atoms with van der Waals surface area (Å²) in [5.41, 5.74) is 8.70. The van der Waals surface area contributed by atoms with E-state index in [9.17, 15) is 4.39 Å². The van der Waals surface area contributed by atoms with Gasteiger partial charge in [0.05, 0.1) is 5.35 Å². The molecule has 1 aromatic heterocycles. The van der Waals surface area contributed by atoms with Crippen LogP contribution in [0.1, 0.15) is 44.2 Å². The fourth-order valence-electron chi connectivity index (χ4n) is 10.5. The van der Waals surface area contributed by atoms with Crippen LogP contribution in [0.2, 0.25) is 0 Å². The third kappa shape index (κ3) is 3.81. The van der Waals surface area contributed by atoms with Crippen LogP contribution in [0.3, 0.4) is 0 Å². The Balaban J connectivity index is 1.12. The van der Waals surface area contributed by atoms with Crippen LogP contribution in [0.25, 0.3) is 39.5 Å². The minimum Gasteiger partial charge on any atom is -0.338 e. The summed E-state index contributed by atoms with van der Waals surface area (Å²) in [5, 5.41) is 7.17. The summed E-state index contributed by atoms with van der Waals surface area (Å²) in [7, 11) is 0. The van der Waals surface area contributed by atoms with Gasteiger partial charge in [-0.3, -0.25) is 5.01 Å². The zero-order valence-electron chi connectivity index (χ0n) is 28.3. The van der Waals surface area contributed by atoms with Gasteiger partial charge >= 0.3 is 0 Å². The van der Waals surface area contributed by atoms with Gasteiger partial charge in [-0.05, 0) is 49.3 Å². The molecule has 0 amide bonds. The van der Waals surface area contributed by atoms with Crippen molar-refractivity contribution < 1.29 is 4.39 Å². The van der Waals surface area contributed by atoms with Gasteiger partial charge in [0.1, 0.15) is 10.5 Å². The molecule has 6 unspecified atom stereocenters. The number of rotatable bonds is 3. The lowest BCUT2D eigenvalue weighted by Crippen LogP contribution is -2.42. The Morgan fingerprint density at radius 2 is 1.22 bits per heavy atom. The summed E-state index contributed by atoms with van der Waals surface area (Å²) in [6.07, 6.45) is 3.56. The Morgan fingerprint density at radius 3 is 1.80 bits per heavy atom. The molecule has 246 valence electrons. The van der Waals surface area contributed by atoms with Crippen LogP contribution in [0, 0.1) is 46.0 Å². The van der Waals surface area contributed by atoms with E-state index in [1.54, 1.807) is 6.07 Å². The lowest BCUT2D eigenvalue weighted by atomic mass is 9.57. The molecule has 0 radical (unpaired) electrons. The number of fused-ring (bicyclic) bond motifs is 4. The van der Waals surface area contributed by atoms with Crippen LogP contribution in [0.15, 0.2) is 111 Å². The molecule has 2 saturated heterocycles. The summed E-state index contributed by atoms with van der Waals surface area (Å²) >= 11 is 6.33. The van der Waals surface area contributed by atoms with E-state index in [4.69, 9.17) is 12.2 Å². The average Bonchev–Trinajstić information content (AvgIpc) is 3.36. The van der Waals surface area contributed by atoms with E-state index in [1.807, 2.05) is 15.6 Å². The highest BCUT2D eigenvalue weighted by molar-refractivity contribution is 7.71. The molecule has 3 aromatic carbocycles. The predicted octanol–water partition coefficient (Wildman–Crippen LogP) is 9.88. The predicted molar refractivity (Wildman–Crippen MR) is 205 cm³/mol. The minimum atomic E-state index is -0.283. The first-order chi connectivity index (χ1) is 23.4. The first kappa shape index (κ1) is 30.4. The lowest BCUT2D eigenvalue weighted by Gasteiger charge is -2.44. The van der Waals surface area contributed by atoms with E-state index in [2.05, 4.69) is 94.1 Å². The number of anilines is 1. The van der Waals surface area contributed by atoms with Crippen molar-refractivity contribution in [2.24, 2.45) is 35.5 Å². The molecule has 0 spiro atoms. The van der Waals surface area contributed by atoms with E-state index >= 15 is 0 Å². The number of hydrogen-bond acceptors (Lipinski definition) is 4. The van der Waals surface area contributed by atoms with Crippen LogP contribution in [0.4, 0.5) is 10.1 Å².